The average molecular weight is 409 g/mol. The van der Waals surface area contributed by atoms with Gasteiger partial charge in [0, 0.05) is 31.7 Å². The summed E-state index contributed by atoms with van der Waals surface area (Å²) < 4.78 is 53.0. The monoisotopic (exact) mass is 407 g/mol. The van der Waals surface area contributed by atoms with E-state index in [0.29, 0.717) is 32.2 Å². The molecule has 1 N–H and O–H groups in total. The molecule has 0 bridgehead atoms. The number of hydrogen-bond donors (Lipinski definition) is 1. The van der Waals surface area contributed by atoms with E-state index in [1.807, 2.05) is 6.07 Å². The summed E-state index contributed by atoms with van der Waals surface area (Å²) in [7, 11) is 0. The highest BCUT2D eigenvalue weighted by molar-refractivity contribution is 6.30. The van der Waals surface area contributed by atoms with Gasteiger partial charge in [-0.05, 0) is 12.1 Å². The Labute approximate surface area is 154 Å². The lowest BCUT2D eigenvalue weighted by molar-refractivity contribution is -0.137. The van der Waals surface area contributed by atoms with Gasteiger partial charge < -0.3 is 5.32 Å². The lowest BCUT2D eigenvalue weighted by atomic mass is 9.98. The van der Waals surface area contributed by atoms with Crippen molar-refractivity contribution in [1.82, 2.24) is 10.2 Å². The SMILES string of the molecule is Cl.Cl.N#CC[C@H](c1cc(C(F)(F)F)cc(Cl)c1F)N1CCNCC1. The first-order valence-electron chi connectivity index (χ1n) is 6.72. The highest BCUT2D eigenvalue weighted by atomic mass is 35.5. The summed E-state index contributed by atoms with van der Waals surface area (Å²) in [5, 5.41) is 11.5. The number of nitrogens with one attached hydrogen (secondary N) is 1. The second-order valence-corrected chi connectivity index (χ2v) is 5.43. The van der Waals surface area contributed by atoms with Crippen molar-refractivity contribution in [3.05, 3.63) is 34.1 Å². The largest absolute Gasteiger partial charge is 0.416 e. The minimum absolute atomic E-state index is 0. The zero-order chi connectivity index (χ0) is 16.3. The Kier molecular flexibility index (Phi) is 9.32. The second kappa shape index (κ2) is 9.64. The van der Waals surface area contributed by atoms with Crippen LogP contribution in [0, 0.1) is 17.1 Å². The van der Waals surface area contributed by atoms with Gasteiger partial charge in [-0.25, -0.2) is 4.39 Å². The highest BCUT2D eigenvalue weighted by Crippen LogP contribution is 2.37. The first-order valence-corrected chi connectivity index (χ1v) is 7.10. The fourth-order valence-corrected chi connectivity index (χ4v) is 2.76. The fourth-order valence-electron chi connectivity index (χ4n) is 2.53. The zero-order valence-corrected chi connectivity index (χ0v) is 14.8. The van der Waals surface area contributed by atoms with Gasteiger partial charge >= 0.3 is 6.18 Å². The van der Waals surface area contributed by atoms with Crippen LogP contribution in [0.4, 0.5) is 17.6 Å². The first kappa shape index (κ1) is 23.2. The lowest BCUT2D eigenvalue weighted by Gasteiger charge is -2.34. The van der Waals surface area contributed by atoms with Crippen molar-refractivity contribution in [3.8, 4) is 6.07 Å². The van der Waals surface area contributed by atoms with E-state index in [0.717, 1.165) is 6.07 Å². The van der Waals surface area contributed by atoms with Crippen LogP contribution in [0.1, 0.15) is 23.6 Å². The summed E-state index contributed by atoms with van der Waals surface area (Å²) >= 11 is 5.62. The Balaban J connectivity index is 0.00000264. The first-order chi connectivity index (χ1) is 10.3. The van der Waals surface area contributed by atoms with Crippen LogP contribution in [0.3, 0.4) is 0 Å². The van der Waals surface area contributed by atoms with Crippen molar-refractivity contribution < 1.29 is 17.6 Å². The molecule has 1 aliphatic rings. The van der Waals surface area contributed by atoms with Crippen LogP contribution in [-0.4, -0.2) is 31.1 Å². The maximum atomic E-state index is 14.2. The van der Waals surface area contributed by atoms with Crippen molar-refractivity contribution in [2.24, 2.45) is 0 Å². The Morgan fingerprint density at radius 2 is 1.83 bits per heavy atom. The minimum atomic E-state index is -4.62. The Hall–Kier alpha value is -0.780. The van der Waals surface area contributed by atoms with Crippen LogP contribution in [0.2, 0.25) is 5.02 Å². The normalized spacial score (nSPS) is 16.5. The van der Waals surface area contributed by atoms with E-state index in [2.05, 4.69) is 5.32 Å². The van der Waals surface area contributed by atoms with Gasteiger partial charge in [0.1, 0.15) is 5.82 Å². The summed E-state index contributed by atoms with van der Waals surface area (Å²) in [6.07, 6.45) is -4.72. The maximum absolute atomic E-state index is 14.2. The number of piperazine rings is 1. The predicted molar refractivity (Wildman–Crippen MR) is 88.3 cm³/mol. The highest BCUT2D eigenvalue weighted by Gasteiger charge is 2.34. The molecule has 136 valence electrons. The molecule has 3 nitrogen and oxygen atoms in total. The van der Waals surface area contributed by atoms with Gasteiger partial charge in [-0.15, -0.1) is 24.8 Å². The fraction of sp³-hybridized carbons (Fsp3) is 0.500. The van der Waals surface area contributed by atoms with Gasteiger partial charge in [-0.3, -0.25) is 4.90 Å². The van der Waals surface area contributed by atoms with Crippen molar-refractivity contribution >= 4 is 36.4 Å². The van der Waals surface area contributed by atoms with E-state index >= 15 is 0 Å². The van der Waals surface area contributed by atoms with Crippen LogP contribution < -0.4 is 5.32 Å². The molecule has 0 amide bonds. The van der Waals surface area contributed by atoms with Crippen molar-refractivity contribution in [2.45, 2.75) is 18.6 Å². The van der Waals surface area contributed by atoms with E-state index in [1.54, 1.807) is 4.90 Å². The van der Waals surface area contributed by atoms with Crippen LogP contribution >= 0.6 is 36.4 Å². The van der Waals surface area contributed by atoms with Gasteiger partial charge in [0.05, 0.1) is 29.1 Å². The van der Waals surface area contributed by atoms with E-state index < -0.39 is 28.6 Å². The van der Waals surface area contributed by atoms with Crippen molar-refractivity contribution in [1.29, 1.82) is 5.26 Å². The number of nitriles is 1. The summed E-state index contributed by atoms with van der Waals surface area (Å²) in [5.74, 6) is -0.895. The zero-order valence-electron chi connectivity index (χ0n) is 12.4. The number of nitrogens with zero attached hydrogens (tertiary/aromatic N) is 2. The summed E-state index contributed by atoms with van der Waals surface area (Å²) in [4.78, 5) is 1.80. The predicted octanol–water partition coefficient (Wildman–Crippen LogP) is 4.20. The maximum Gasteiger partial charge on any atom is 0.416 e. The number of benzene rings is 1. The molecule has 0 radical (unpaired) electrons. The third-order valence-corrected chi connectivity index (χ3v) is 3.89. The molecule has 0 aliphatic carbocycles. The molecule has 2 rings (SSSR count). The Morgan fingerprint density at radius 3 is 2.33 bits per heavy atom. The van der Waals surface area contributed by atoms with Crippen LogP contribution in [-0.2, 0) is 6.18 Å². The third-order valence-electron chi connectivity index (χ3n) is 3.62. The Bertz CT molecular complexity index is 584. The molecule has 1 aromatic rings. The molecule has 1 saturated heterocycles. The van der Waals surface area contributed by atoms with Gasteiger partial charge in [0.2, 0.25) is 0 Å². The topological polar surface area (TPSA) is 39.1 Å². The quantitative estimate of drug-likeness (QED) is 0.762. The third kappa shape index (κ3) is 5.36. The summed E-state index contributed by atoms with van der Waals surface area (Å²) in [5.41, 5.74) is -1.18. The molecule has 1 atom stereocenters. The van der Waals surface area contributed by atoms with E-state index in [-0.39, 0.29) is 36.8 Å². The van der Waals surface area contributed by atoms with Gasteiger partial charge in [-0.2, -0.15) is 18.4 Å². The summed E-state index contributed by atoms with van der Waals surface area (Å²) in [6.45, 7) is 2.33. The van der Waals surface area contributed by atoms with E-state index in [1.165, 1.54) is 0 Å². The van der Waals surface area contributed by atoms with Gasteiger partial charge in [-0.1, -0.05) is 11.6 Å². The molecule has 0 spiro atoms. The molecule has 24 heavy (non-hydrogen) atoms. The van der Waals surface area contributed by atoms with Crippen LogP contribution in [0.15, 0.2) is 12.1 Å². The van der Waals surface area contributed by atoms with E-state index in [9.17, 15) is 17.6 Å². The van der Waals surface area contributed by atoms with Crippen LogP contribution in [0.25, 0.3) is 0 Å². The molecular formula is C14H16Cl3F4N3. The van der Waals surface area contributed by atoms with Crippen molar-refractivity contribution in [2.75, 3.05) is 26.2 Å². The Morgan fingerprint density at radius 1 is 1.25 bits per heavy atom. The molecule has 1 heterocycles. The number of halogens is 7. The van der Waals surface area contributed by atoms with Gasteiger partial charge in [0.25, 0.3) is 0 Å². The summed E-state index contributed by atoms with van der Waals surface area (Å²) in [6, 6.07) is 2.50. The van der Waals surface area contributed by atoms with E-state index in [4.69, 9.17) is 16.9 Å². The molecule has 1 aromatic carbocycles. The minimum Gasteiger partial charge on any atom is -0.314 e. The van der Waals surface area contributed by atoms with Crippen molar-refractivity contribution in [3.63, 3.8) is 0 Å². The molecule has 0 aromatic heterocycles. The molecular weight excluding hydrogens is 393 g/mol. The molecule has 1 aliphatic heterocycles. The molecule has 0 unspecified atom stereocenters. The molecule has 0 saturated carbocycles. The number of alkyl halides is 3. The lowest BCUT2D eigenvalue weighted by Crippen LogP contribution is -2.45. The average Bonchev–Trinajstić information content (AvgIpc) is 2.47. The number of rotatable bonds is 3. The molecule has 10 heteroatoms. The molecule has 1 fully saturated rings. The smallest absolute Gasteiger partial charge is 0.314 e. The second-order valence-electron chi connectivity index (χ2n) is 5.02. The standard InChI is InChI=1S/C14H14ClF4N3.2ClH/c15-11-8-9(14(17,18)19)7-10(13(11)16)12(1-2-20)22-5-3-21-4-6-22;;/h7-8,12,21H,1,3-6H2;2*1H/t12-;;/m1../s1. The number of hydrogen-bond acceptors (Lipinski definition) is 3. The van der Waals surface area contributed by atoms with Crippen LogP contribution in [0.5, 0.6) is 0 Å². The van der Waals surface area contributed by atoms with Gasteiger partial charge in [0.15, 0.2) is 0 Å².